The number of Topliss-reactive ketones (excluding diaryl/α,β-unsaturated/α-hetero) is 1. The van der Waals surface area contributed by atoms with E-state index in [4.69, 9.17) is 4.74 Å². The Hall–Kier alpha value is -3.32. The lowest BCUT2D eigenvalue weighted by atomic mass is 9.95. The molecular formula is C26H26F2N2O3. The van der Waals surface area contributed by atoms with Crippen LogP contribution in [0.15, 0.2) is 59.5 Å². The van der Waals surface area contributed by atoms with Crippen molar-refractivity contribution in [2.45, 2.75) is 19.8 Å². The fourth-order valence-corrected chi connectivity index (χ4v) is 4.11. The van der Waals surface area contributed by atoms with E-state index < -0.39 is 6.43 Å². The van der Waals surface area contributed by atoms with Crippen molar-refractivity contribution in [3.63, 3.8) is 0 Å². The number of aromatic nitrogens is 1. The van der Waals surface area contributed by atoms with Gasteiger partial charge in [-0.25, -0.2) is 8.78 Å². The number of aryl methyl sites for hydroxylation is 2. The highest BCUT2D eigenvalue weighted by atomic mass is 19.3. The quantitative estimate of drug-likeness (QED) is 0.515. The van der Waals surface area contributed by atoms with E-state index in [1.807, 2.05) is 30.0 Å². The van der Waals surface area contributed by atoms with E-state index in [2.05, 4.69) is 0 Å². The average molecular weight is 453 g/mol. The summed E-state index contributed by atoms with van der Waals surface area (Å²) in [6.45, 7) is 4.39. The van der Waals surface area contributed by atoms with Gasteiger partial charge in [0.25, 0.3) is 12.0 Å². The zero-order chi connectivity index (χ0) is 23.5. The first-order valence-corrected chi connectivity index (χ1v) is 10.9. The van der Waals surface area contributed by atoms with E-state index in [9.17, 15) is 18.4 Å². The van der Waals surface area contributed by atoms with Crippen molar-refractivity contribution in [2.75, 3.05) is 31.2 Å². The molecule has 2 aromatic carbocycles. The Morgan fingerprint density at radius 3 is 2.58 bits per heavy atom. The molecule has 4 rings (SSSR count). The van der Waals surface area contributed by atoms with Crippen LogP contribution in [-0.4, -0.2) is 36.7 Å². The molecule has 0 unspecified atom stereocenters. The van der Waals surface area contributed by atoms with Gasteiger partial charge in [0, 0.05) is 49.4 Å². The van der Waals surface area contributed by atoms with Crippen molar-refractivity contribution in [1.82, 2.24) is 4.57 Å². The number of carbonyl (C=O) groups excluding carboxylic acids is 1. The molecule has 33 heavy (non-hydrogen) atoms. The van der Waals surface area contributed by atoms with Crippen LogP contribution >= 0.6 is 0 Å². The molecule has 172 valence electrons. The number of ketones is 1. The van der Waals surface area contributed by atoms with Crippen LogP contribution in [0.2, 0.25) is 0 Å². The summed E-state index contributed by atoms with van der Waals surface area (Å²) in [7, 11) is 1.72. The van der Waals surface area contributed by atoms with Gasteiger partial charge in [0.1, 0.15) is 5.69 Å². The minimum Gasteiger partial charge on any atom is -0.378 e. The SMILES string of the molecule is Cc1ccc(C(=O)Cc2cccc(C(F)F)c2)cc1-c1cc(N2CCOCC2)c(=O)n(C)c1. The highest BCUT2D eigenvalue weighted by Crippen LogP contribution is 2.28. The Labute approximate surface area is 191 Å². The van der Waals surface area contributed by atoms with Gasteiger partial charge in [-0.1, -0.05) is 30.3 Å². The number of carbonyl (C=O) groups is 1. The molecule has 1 fully saturated rings. The second-order valence-corrected chi connectivity index (χ2v) is 8.30. The molecule has 0 N–H and O–H groups in total. The number of benzene rings is 2. The summed E-state index contributed by atoms with van der Waals surface area (Å²) in [6, 6.07) is 13.3. The van der Waals surface area contributed by atoms with E-state index in [-0.39, 0.29) is 23.3 Å². The maximum absolute atomic E-state index is 13.0. The van der Waals surface area contributed by atoms with Crippen LogP contribution in [0, 0.1) is 6.92 Å². The standard InChI is InChI=1S/C26H26F2N2O3/c1-17-6-7-19(24(31)13-18-4-3-5-20(12-18)25(27)28)14-22(17)21-15-23(26(32)29(2)16-21)30-8-10-33-11-9-30/h3-7,12,14-16,25H,8-11,13H2,1-2H3. The molecule has 2 heterocycles. The molecule has 0 atom stereocenters. The molecule has 1 aliphatic rings. The molecule has 0 amide bonds. The Kier molecular flexibility index (Phi) is 6.70. The lowest BCUT2D eigenvalue weighted by molar-refractivity contribution is 0.0992. The molecule has 5 nitrogen and oxygen atoms in total. The second-order valence-electron chi connectivity index (χ2n) is 8.30. The number of hydrogen-bond acceptors (Lipinski definition) is 4. The van der Waals surface area contributed by atoms with E-state index in [1.165, 1.54) is 12.1 Å². The number of pyridine rings is 1. The number of ether oxygens (including phenoxy) is 1. The zero-order valence-electron chi connectivity index (χ0n) is 18.7. The molecule has 0 bridgehead atoms. The number of anilines is 1. The van der Waals surface area contributed by atoms with Gasteiger partial charge in [-0.2, -0.15) is 0 Å². The van der Waals surface area contributed by atoms with Gasteiger partial charge >= 0.3 is 0 Å². The third-order valence-corrected chi connectivity index (χ3v) is 5.95. The lowest BCUT2D eigenvalue weighted by Gasteiger charge is -2.29. The van der Waals surface area contributed by atoms with E-state index >= 15 is 0 Å². The summed E-state index contributed by atoms with van der Waals surface area (Å²) in [5.74, 6) is -0.152. The molecule has 0 aliphatic carbocycles. The van der Waals surface area contributed by atoms with Gasteiger partial charge < -0.3 is 14.2 Å². The first kappa shape index (κ1) is 22.9. The number of hydrogen-bond donors (Lipinski definition) is 0. The van der Waals surface area contributed by atoms with E-state index in [0.717, 1.165) is 16.7 Å². The van der Waals surface area contributed by atoms with Gasteiger partial charge in [0.15, 0.2) is 5.78 Å². The summed E-state index contributed by atoms with van der Waals surface area (Å²) in [5, 5.41) is 0. The first-order valence-electron chi connectivity index (χ1n) is 10.9. The average Bonchev–Trinajstić information content (AvgIpc) is 2.81. The van der Waals surface area contributed by atoms with Crippen LogP contribution in [0.3, 0.4) is 0 Å². The van der Waals surface area contributed by atoms with Crippen LogP contribution < -0.4 is 10.5 Å². The van der Waals surface area contributed by atoms with Crippen molar-refractivity contribution >= 4 is 11.5 Å². The van der Waals surface area contributed by atoms with Gasteiger partial charge in [-0.3, -0.25) is 9.59 Å². The van der Waals surface area contributed by atoms with Crippen LogP contribution in [0.1, 0.15) is 33.5 Å². The normalized spacial score (nSPS) is 14.0. The molecule has 1 saturated heterocycles. The van der Waals surface area contributed by atoms with E-state index in [0.29, 0.717) is 43.1 Å². The fourth-order valence-electron chi connectivity index (χ4n) is 4.11. The van der Waals surface area contributed by atoms with Crippen molar-refractivity contribution in [2.24, 2.45) is 7.05 Å². The Morgan fingerprint density at radius 1 is 1.09 bits per heavy atom. The maximum Gasteiger partial charge on any atom is 0.273 e. The highest BCUT2D eigenvalue weighted by molar-refractivity contribution is 5.98. The summed E-state index contributed by atoms with van der Waals surface area (Å²) in [6.07, 6.45) is -0.763. The number of morpholine rings is 1. The summed E-state index contributed by atoms with van der Waals surface area (Å²) >= 11 is 0. The third kappa shape index (κ3) is 5.03. The van der Waals surface area contributed by atoms with Crippen LogP contribution in [-0.2, 0) is 18.2 Å². The van der Waals surface area contributed by atoms with Crippen LogP contribution in [0.4, 0.5) is 14.5 Å². The fraction of sp³-hybridized carbons (Fsp3) is 0.308. The molecule has 0 spiro atoms. The summed E-state index contributed by atoms with van der Waals surface area (Å²) < 4.78 is 33.0. The largest absolute Gasteiger partial charge is 0.378 e. The van der Waals surface area contributed by atoms with E-state index in [1.54, 1.807) is 36.0 Å². The zero-order valence-corrected chi connectivity index (χ0v) is 18.7. The number of halogens is 2. The summed E-state index contributed by atoms with van der Waals surface area (Å²) in [4.78, 5) is 27.7. The maximum atomic E-state index is 13.0. The minimum atomic E-state index is -2.57. The molecule has 1 aliphatic heterocycles. The second kappa shape index (κ2) is 9.67. The number of rotatable bonds is 6. The lowest BCUT2D eigenvalue weighted by Crippen LogP contribution is -2.40. The van der Waals surface area contributed by atoms with Gasteiger partial charge in [0.2, 0.25) is 0 Å². The molecular weight excluding hydrogens is 426 g/mol. The Morgan fingerprint density at radius 2 is 1.85 bits per heavy atom. The summed E-state index contributed by atoms with van der Waals surface area (Å²) in [5.41, 5.74) is 4.15. The van der Waals surface area contributed by atoms with Gasteiger partial charge in [0.05, 0.1) is 13.2 Å². The molecule has 1 aromatic heterocycles. The van der Waals surface area contributed by atoms with Crippen LogP contribution in [0.25, 0.3) is 11.1 Å². The predicted octanol–water partition coefficient (Wildman–Crippen LogP) is 4.56. The van der Waals surface area contributed by atoms with Gasteiger partial charge in [-0.15, -0.1) is 0 Å². The minimum absolute atomic E-state index is 0.0371. The monoisotopic (exact) mass is 452 g/mol. The topological polar surface area (TPSA) is 51.5 Å². The van der Waals surface area contributed by atoms with Crippen LogP contribution in [0.5, 0.6) is 0 Å². The smallest absolute Gasteiger partial charge is 0.273 e. The highest BCUT2D eigenvalue weighted by Gasteiger charge is 2.18. The first-order chi connectivity index (χ1) is 15.8. The molecule has 0 saturated carbocycles. The number of alkyl halides is 2. The molecule has 0 radical (unpaired) electrons. The van der Waals surface area contributed by atoms with Crippen molar-refractivity contribution in [3.05, 3.63) is 87.3 Å². The Balaban J connectivity index is 1.66. The van der Waals surface area contributed by atoms with Crippen molar-refractivity contribution < 1.29 is 18.3 Å². The third-order valence-electron chi connectivity index (χ3n) is 5.95. The van der Waals surface area contributed by atoms with Gasteiger partial charge in [-0.05, 0) is 41.8 Å². The molecule has 3 aromatic rings. The predicted molar refractivity (Wildman–Crippen MR) is 124 cm³/mol. The van der Waals surface area contributed by atoms with Crippen molar-refractivity contribution in [3.8, 4) is 11.1 Å². The molecule has 7 heteroatoms. The van der Waals surface area contributed by atoms with Crippen molar-refractivity contribution in [1.29, 1.82) is 0 Å². The Bertz CT molecular complexity index is 1230. The number of nitrogens with zero attached hydrogens (tertiary/aromatic N) is 2.